The van der Waals surface area contributed by atoms with E-state index in [0.717, 1.165) is 66.4 Å². The Bertz CT molecular complexity index is 817. The van der Waals surface area contributed by atoms with Gasteiger partial charge in [0.05, 0.1) is 0 Å². The van der Waals surface area contributed by atoms with Crippen LogP contribution in [0.15, 0.2) is 36.7 Å². The number of aromatic nitrogens is 1. The molecule has 2 heterocycles. The summed E-state index contributed by atoms with van der Waals surface area (Å²) in [5, 5.41) is 3.68. The number of aryl methyl sites for hydroxylation is 2. The summed E-state index contributed by atoms with van der Waals surface area (Å²) in [5.41, 5.74) is 3.79. The van der Waals surface area contributed by atoms with Crippen molar-refractivity contribution < 1.29 is 9.53 Å². The second-order valence-electron chi connectivity index (χ2n) is 8.51. The maximum Gasteiger partial charge on any atom is 0.253 e. The Kier molecular flexibility index (Phi) is 6.14. The van der Waals surface area contributed by atoms with Crippen molar-refractivity contribution in [1.82, 2.24) is 15.2 Å². The monoisotopic (exact) mass is 393 g/mol. The molecule has 0 unspecified atom stereocenters. The molecule has 29 heavy (non-hydrogen) atoms. The van der Waals surface area contributed by atoms with E-state index in [-0.39, 0.29) is 5.91 Å². The van der Waals surface area contributed by atoms with Crippen molar-refractivity contribution >= 4 is 5.91 Å². The number of amides is 1. The lowest BCUT2D eigenvalue weighted by Crippen LogP contribution is -2.45. The van der Waals surface area contributed by atoms with Gasteiger partial charge in [-0.3, -0.25) is 9.78 Å². The van der Waals surface area contributed by atoms with E-state index in [0.29, 0.717) is 12.6 Å². The van der Waals surface area contributed by atoms with E-state index < -0.39 is 0 Å². The molecule has 1 N–H and O–H groups in total. The van der Waals surface area contributed by atoms with Crippen LogP contribution in [0, 0.1) is 19.8 Å². The van der Waals surface area contributed by atoms with Crippen molar-refractivity contribution in [2.45, 2.75) is 52.2 Å². The molecule has 154 valence electrons. The number of carbonyl (C=O) groups is 1. The number of piperidine rings is 1. The molecule has 1 saturated carbocycles. The molecule has 5 heteroatoms. The van der Waals surface area contributed by atoms with E-state index in [4.69, 9.17) is 4.74 Å². The highest BCUT2D eigenvalue weighted by molar-refractivity contribution is 5.95. The summed E-state index contributed by atoms with van der Waals surface area (Å²) >= 11 is 0. The fraction of sp³-hybridized carbons (Fsp3) is 0.500. The summed E-state index contributed by atoms with van der Waals surface area (Å²) in [6.45, 7) is 7.31. The third-order valence-electron chi connectivity index (χ3n) is 5.99. The lowest BCUT2D eigenvalue weighted by atomic mass is 10.0. The van der Waals surface area contributed by atoms with Gasteiger partial charge in [0.15, 0.2) is 0 Å². The molecular formula is C24H31N3O2. The molecule has 0 spiro atoms. The third-order valence-corrected chi connectivity index (χ3v) is 5.99. The van der Waals surface area contributed by atoms with E-state index in [1.54, 1.807) is 6.20 Å². The second kappa shape index (κ2) is 8.95. The van der Waals surface area contributed by atoms with Crippen LogP contribution in [0.3, 0.4) is 0 Å². The molecule has 1 aromatic carbocycles. The number of benzene rings is 1. The van der Waals surface area contributed by atoms with Gasteiger partial charge in [-0.1, -0.05) is 6.07 Å². The molecule has 0 radical (unpaired) electrons. The quantitative estimate of drug-likeness (QED) is 0.776. The summed E-state index contributed by atoms with van der Waals surface area (Å²) in [4.78, 5) is 19.2. The van der Waals surface area contributed by atoms with Crippen LogP contribution in [-0.4, -0.2) is 41.5 Å². The van der Waals surface area contributed by atoms with Crippen molar-refractivity contribution in [1.29, 1.82) is 0 Å². The van der Waals surface area contributed by atoms with Gasteiger partial charge in [-0.2, -0.15) is 0 Å². The predicted octanol–water partition coefficient (Wildman–Crippen LogP) is 3.88. The first-order valence-corrected chi connectivity index (χ1v) is 10.8. The van der Waals surface area contributed by atoms with Crippen molar-refractivity contribution in [3.63, 3.8) is 0 Å². The highest BCUT2D eigenvalue weighted by Gasteiger charge is 2.26. The van der Waals surface area contributed by atoms with Crippen molar-refractivity contribution in [3.05, 3.63) is 58.9 Å². The van der Waals surface area contributed by atoms with Gasteiger partial charge in [-0.05, 0) is 81.3 Å². The van der Waals surface area contributed by atoms with Crippen LogP contribution in [0.5, 0.6) is 5.75 Å². The zero-order chi connectivity index (χ0) is 20.2. The number of carbonyl (C=O) groups excluding carboxylic acids is 1. The van der Waals surface area contributed by atoms with Gasteiger partial charge in [-0.15, -0.1) is 0 Å². The van der Waals surface area contributed by atoms with Gasteiger partial charge in [0.25, 0.3) is 5.91 Å². The number of hydrogen-bond acceptors (Lipinski definition) is 4. The molecule has 2 aromatic rings. The fourth-order valence-electron chi connectivity index (χ4n) is 4.07. The van der Waals surface area contributed by atoms with Gasteiger partial charge in [-0.25, -0.2) is 0 Å². The number of rotatable bonds is 7. The van der Waals surface area contributed by atoms with Crippen LogP contribution in [0.2, 0.25) is 0 Å². The van der Waals surface area contributed by atoms with Gasteiger partial charge in [0, 0.05) is 42.7 Å². The first-order chi connectivity index (χ1) is 14.1. The summed E-state index contributed by atoms with van der Waals surface area (Å²) in [6, 6.07) is 8.39. The first kappa shape index (κ1) is 19.9. The Balaban J connectivity index is 1.35. The number of ether oxygens (including phenoxy) is 1. The first-order valence-electron chi connectivity index (χ1n) is 10.8. The SMILES string of the molecule is Cc1cc(C(=O)N2CCC(NCC3CC3)CC2)cc(C)c1OCc1cccnc1. The van der Waals surface area contributed by atoms with E-state index in [2.05, 4.69) is 10.3 Å². The second-order valence-corrected chi connectivity index (χ2v) is 8.51. The number of pyridine rings is 1. The standard InChI is InChI=1S/C24H31N3O2/c1-17-12-21(13-18(2)23(17)29-16-20-4-3-9-25-14-20)24(28)27-10-7-22(8-11-27)26-15-19-5-6-19/h3-4,9,12-14,19,22,26H,5-8,10-11,15-16H2,1-2H3. The summed E-state index contributed by atoms with van der Waals surface area (Å²) in [7, 11) is 0. The van der Waals surface area contributed by atoms with Crippen LogP contribution in [0.25, 0.3) is 0 Å². The van der Waals surface area contributed by atoms with Gasteiger partial charge in [0.2, 0.25) is 0 Å². The van der Waals surface area contributed by atoms with E-state index in [1.165, 1.54) is 12.8 Å². The third kappa shape index (κ3) is 5.15. The zero-order valence-corrected chi connectivity index (χ0v) is 17.5. The Morgan fingerprint density at radius 3 is 2.52 bits per heavy atom. The van der Waals surface area contributed by atoms with Crippen LogP contribution < -0.4 is 10.1 Å². The molecule has 1 aromatic heterocycles. The fourth-order valence-corrected chi connectivity index (χ4v) is 4.07. The van der Waals surface area contributed by atoms with Crippen molar-refractivity contribution in [2.75, 3.05) is 19.6 Å². The number of nitrogens with one attached hydrogen (secondary N) is 1. The van der Waals surface area contributed by atoms with Gasteiger partial charge in [0.1, 0.15) is 12.4 Å². The van der Waals surface area contributed by atoms with Crippen molar-refractivity contribution in [3.8, 4) is 5.75 Å². The molecule has 1 amide bonds. The lowest BCUT2D eigenvalue weighted by molar-refractivity contribution is 0.0704. The molecule has 5 nitrogen and oxygen atoms in total. The number of hydrogen-bond donors (Lipinski definition) is 1. The van der Waals surface area contributed by atoms with E-state index in [9.17, 15) is 4.79 Å². The van der Waals surface area contributed by atoms with Crippen LogP contribution >= 0.6 is 0 Å². The summed E-state index contributed by atoms with van der Waals surface area (Å²) in [6.07, 6.45) is 8.42. The Hall–Kier alpha value is -2.40. The Morgan fingerprint density at radius 1 is 1.17 bits per heavy atom. The topological polar surface area (TPSA) is 54.5 Å². The summed E-state index contributed by atoms with van der Waals surface area (Å²) in [5.74, 6) is 1.89. The van der Waals surface area contributed by atoms with Gasteiger partial charge < -0.3 is 15.0 Å². The lowest BCUT2D eigenvalue weighted by Gasteiger charge is -2.33. The molecule has 1 aliphatic carbocycles. The minimum Gasteiger partial charge on any atom is -0.488 e. The minimum absolute atomic E-state index is 0.135. The van der Waals surface area contributed by atoms with E-state index in [1.807, 2.05) is 49.2 Å². The Labute approximate surface area is 173 Å². The van der Waals surface area contributed by atoms with E-state index >= 15 is 0 Å². The maximum atomic E-state index is 13.0. The minimum atomic E-state index is 0.135. The molecular weight excluding hydrogens is 362 g/mol. The zero-order valence-electron chi connectivity index (χ0n) is 17.5. The maximum absolute atomic E-state index is 13.0. The predicted molar refractivity (Wildman–Crippen MR) is 114 cm³/mol. The smallest absolute Gasteiger partial charge is 0.253 e. The molecule has 0 atom stereocenters. The molecule has 1 saturated heterocycles. The van der Waals surface area contributed by atoms with Gasteiger partial charge >= 0.3 is 0 Å². The highest BCUT2D eigenvalue weighted by Crippen LogP contribution is 2.29. The van der Waals surface area contributed by atoms with Crippen molar-refractivity contribution in [2.24, 2.45) is 5.92 Å². The molecule has 1 aliphatic heterocycles. The summed E-state index contributed by atoms with van der Waals surface area (Å²) < 4.78 is 6.03. The molecule has 4 rings (SSSR count). The van der Waals surface area contributed by atoms with Crippen LogP contribution in [0.4, 0.5) is 0 Å². The highest BCUT2D eigenvalue weighted by atomic mass is 16.5. The largest absolute Gasteiger partial charge is 0.488 e. The van der Waals surface area contributed by atoms with Crippen LogP contribution in [0.1, 0.15) is 52.7 Å². The molecule has 2 fully saturated rings. The molecule has 2 aliphatic rings. The molecule has 0 bridgehead atoms. The number of nitrogens with zero attached hydrogens (tertiary/aromatic N) is 2. The normalized spacial score (nSPS) is 17.4. The average molecular weight is 394 g/mol. The van der Waals surface area contributed by atoms with Crippen LogP contribution in [-0.2, 0) is 6.61 Å². The Morgan fingerprint density at radius 2 is 1.90 bits per heavy atom. The average Bonchev–Trinajstić information content (AvgIpc) is 3.57. The number of likely N-dealkylation sites (tertiary alicyclic amines) is 1.